The first-order valence-corrected chi connectivity index (χ1v) is 9.14. The molecule has 11 heteroatoms. The van der Waals surface area contributed by atoms with E-state index in [1.807, 2.05) is 24.3 Å². The van der Waals surface area contributed by atoms with Gasteiger partial charge in [-0.1, -0.05) is 44.7 Å². The molecule has 152 valence electrons. The molecule has 1 aromatic heterocycles. The van der Waals surface area contributed by atoms with Crippen LogP contribution in [0.5, 0.6) is 0 Å². The van der Waals surface area contributed by atoms with Crippen LogP contribution in [-0.4, -0.2) is 40.6 Å². The lowest BCUT2D eigenvalue weighted by Crippen LogP contribution is -2.43. The van der Waals surface area contributed by atoms with Crippen LogP contribution in [0.2, 0.25) is 0 Å². The van der Waals surface area contributed by atoms with Crippen LogP contribution >= 0.6 is 11.8 Å². The van der Waals surface area contributed by atoms with Gasteiger partial charge in [-0.05, 0) is 23.1 Å². The van der Waals surface area contributed by atoms with Gasteiger partial charge in [0.25, 0.3) is 5.22 Å². The molecule has 0 aliphatic carbocycles. The molecule has 2 rings (SSSR count). The van der Waals surface area contributed by atoms with Gasteiger partial charge in [0, 0.05) is 5.56 Å². The number of urea groups is 1. The molecule has 0 atom stereocenters. The number of carbonyl (C=O) groups is 2. The van der Waals surface area contributed by atoms with E-state index in [0.717, 1.165) is 17.3 Å². The van der Waals surface area contributed by atoms with E-state index < -0.39 is 24.7 Å². The molecule has 0 aliphatic heterocycles. The van der Waals surface area contributed by atoms with Crippen molar-refractivity contribution in [2.75, 3.05) is 12.3 Å². The van der Waals surface area contributed by atoms with E-state index in [1.54, 1.807) is 5.32 Å². The van der Waals surface area contributed by atoms with Gasteiger partial charge in [0.15, 0.2) is 0 Å². The van der Waals surface area contributed by atoms with Crippen molar-refractivity contribution in [1.82, 2.24) is 20.8 Å². The third kappa shape index (κ3) is 6.87. The molecule has 2 N–H and O–H groups in total. The van der Waals surface area contributed by atoms with Crippen LogP contribution in [0.3, 0.4) is 0 Å². The number of hydrogen-bond donors (Lipinski definition) is 2. The van der Waals surface area contributed by atoms with Crippen molar-refractivity contribution < 1.29 is 27.2 Å². The summed E-state index contributed by atoms with van der Waals surface area (Å²) in [5.74, 6) is -0.797. The Bertz CT molecular complexity index is 829. The Morgan fingerprint density at radius 1 is 1.11 bits per heavy atom. The average Bonchev–Trinajstić information content (AvgIpc) is 3.06. The average molecular weight is 416 g/mol. The van der Waals surface area contributed by atoms with Crippen molar-refractivity contribution in [3.63, 3.8) is 0 Å². The van der Waals surface area contributed by atoms with Crippen molar-refractivity contribution in [3.8, 4) is 11.5 Å². The standard InChI is InChI=1S/C17H19F3N4O3S/c1-16(2,3)11-6-4-10(5-7-11)13-23-24-15(27-13)28-8-12(25)22-14(26)21-9-17(18,19)20/h4-7H,8-9H2,1-3H3,(H2,21,22,25,26). The summed E-state index contributed by atoms with van der Waals surface area (Å²) >= 11 is 0.863. The first-order valence-electron chi connectivity index (χ1n) is 8.16. The number of thioether (sulfide) groups is 1. The van der Waals surface area contributed by atoms with Gasteiger partial charge in [-0.2, -0.15) is 13.2 Å². The first kappa shape index (κ1) is 21.7. The van der Waals surface area contributed by atoms with E-state index in [1.165, 1.54) is 5.32 Å². The Hall–Kier alpha value is -2.56. The fourth-order valence-corrected chi connectivity index (χ4v) is 2.58. The molecule has 1 aromatic carbocycles. The molecule has 3 amide bonds. The van der Waals surface area contributed by atoms with Gasteiger partial charge in [0.2, 0.25) is 11.8 Å². The third-order valence-corrected chi connectivity index (χ3v) is 4.25. The number of alkyl halides is 3. The number of amides is 3. The van der Waals surface area contributed by atoms with Gasteiger partial charge in [-0.15, -0.1) is 10.2 Å². The van der Waals surface area contributed by atoms with Crippen LogP contribution in [0.1, 0.15) is 26.3 Å². The number of carbonyl (C=O) groups excluding carboxylic acids is 2. The first-order chi connectivity index (χ1) is 12.9. The van der Waals surface area contributed by atoms with E-state index >= 15 is 0 Å². The second-order valence-electron chi connectivity index (χ2n) is 6.84. The van der Waals surface area contributed by atoms with Crippen molar-refractivity contribution in [2.45, 2.75) is 37.6 Å². The molecule has 2 aromatic rings. The number of hydrogen-bond acceptors (Lipinski definition) is 6. The zero-order valence-corrected chi connectivity index (χ0v) is 16.2. The zero-order chi connectivity index (χ0) is 20.9. The van der Waals surface area contributed by atoms with Crippen molar-refractivity contribution >= 4 is 23.7 Å². The quantitative estimate of drug-likeness (QED) is 0.724. The lowest BCUT2D eigenvalue weighted by molar-refractivity contribution is -0.124. The molecule has 0 saturated carbocycles. The molecule has 0 bridgehead atoms. The largest absolute Gasteiger partial charge is 0.411 e. The number of nitrogens with zero attached hydrogens (tertiary/aromatic N) is 2. The number of halogens is 3. The molecular weight excluding hydrogens is 397 g/mol. The topological polar surface area (TPSA) is 97.1 Å². The van der Waals surface area contributed by atoms with Gasteiger partial charge >= 0.3 is 12.2 Å². The van der Waals surface area contributed by atoms with Crippen LogP contribution in [0.15, 0.2) is 33.9 Å². The molecule has 0 unspecified atom stereocenters. The van der Waals surface area contributed by atoms with Crippen LogP contribution < -0.4 is 10.6 Å². The summed E-state index contributed by atoms with van der Waals surface area (Å²) in [5.41, 5.74) is 1.86. The molecule has 0 spiro atoms. The minimum absolute atomic E-state index is 0.00807. The molecule has 28 heavy (non-hydrogen) atoms. The molecule has 0 radical (unpaired) electrons. The lowest BCUT2D eigenvalue weighted by atomic mass is 9.87. The number of rotatable bonds is 5. The zero-order valence-electron chi connectivity index (χ0n) is 15.4. The maximum atomic E-state index is 12.0. The Labute approximate surface area is 163 Å². The van der Waals surface area contributed by atoms with Gasteiger partial charge in [-0.25, -0.2) is 4.79 Å². The highest BCUT2D eigenvalue weighted by Crippen LogP contribution is 2.27. The maximum absolute atomic E-state index is 12.0. The van der Waals surface area contributed by atoms with E-state index in [-0.39, 0.29) is 22.3 Å². The van der Waals surface area contributed by atoms with Crippen LogP contribution in [-0.2, 0) is 10.2 Å². The second-order valence-corrected chi connectivity index (χ2v) is 7.76. The van der Waals surface area contributed by atoms with Gasteiger partial charge in [0.1, 0.15) is 6.54 Å². The molecular formula is C17H19F3N4O3S. The second kappa shape index (κ2) is 8.63. The highest BCUT2D eigenvalue weighted by atomic mass is 32.2. The fourth-order valence-electron chi connectivity index (χ4n) is 2.01. The number of aromatic nitrogens is 2. The van der Waals surface area contributed by atoms with Crippen LogP contribution in [0.25, 0.3) is 11.5 Å². The fraction of sp³-hybridized carbons (Fsp3) is 0.412. The molecule has 0 aliphatic rings. The van der Waals surface area contributed by atoms with Crippen molar-refractivity contribution in [3.05, 3.63) is 29.8 Å². The summed E-state index contributed by atoms with van der Waals surface area (Å²) < 4.78 is 41.4. The normalized spacial score (nSPS) is 11.9. The summed E-state index contributed by atoms with van der Waals surface area (Å²) in [5, 5.41) is 11.1. The van der Waals surface area contributed by atoms with E-state index in [2.05, 4.69) is 31.0 Å². The minimum Gasteiger partial charge on any atom is -0.411 e. The summed E-state index contributed by atoms with van der Waals surface area (Å²) in [7, 11) is 0. The number of imide groups is 1. The third-order valence-electron chi connectivity index (χ3n) is 3.43. The predicted octanol–water partition coefficient (Wildman–Crippen LogP) is 3.51. The number of benzene rings is 1. The van der Waals surface area contributed by atoms with Crippen LogP contribution in [0, 0.1) is 0 Å². The van der Waals surface area contributed by atoms with Crippen molar-refractivity contribution in [1.29, 1.82) is 0 Å². The van der Waals surface area contributed by atoms with Gasteiger partial charge in [-0.3, -0.25) is 10.1 Å². The Morgan fingerprint density at radius 2 is 1.75 bits per heavy atom. The minimum atomic E-state index is -4.56. The molecule has 1 heterocycles. The summed E-state index contributed by atoms with van der Waals surface area (Å²) in [6, 6.07) is 6.38. The summed E-state index contributed by atoms with van der Waals surface area (Å²) in [4.78, 5) is 22.8. The molecule has 0 saturated heterocycles. The Balaban J connectivity index is 1.86. The molecule has 0 fully saturated rings. The highest BCUT2D eigenvalue weighted by Gasteiger charge is 2.28. The van der Waals surface area contributed by atoms with E-state index in [4.69, 9.17) is 4.42 Å². The SMILES string of the molecule is CC(C)(C)c1ccc(-c2nnc(SCC(=O)NC(=O)NCC(F)(F)F)o2)cc1. The lowest BCUT2D eigenvalue weighted by Gasteiger charge is -2.18. The maximum Gasteiger partial charge on any atom is 0.405 e. The highest BCUT2D eigenvalue weighted by molar-refractivity contribution is 7.99. The van der Waals surface area contributed by atoms with E-state index in [9.17, 15) is 22.8 Å². The van der Waals surface area contributed by atoms with Gasteiger partial charge in [0.05, 0.1) is 5.75 Å². The predicted molar refractivity (Wildman–Crippen MR) is 96.8 cm³/mol. The smallest absolute Gasteiger partial charge is 0.405 e. The Kier molecular flexibility index (Phi) is 6.70. The van der Waals surface area contributed by atoms with E-state index in [0.29, 0.717) is 5.56 Å². The van der Waals surface area contributed by atoms with Gasteiger partial charge < -0.3 is 9.73 Å². The summed E-state index contributed by atoms with van der Waals surface area (Å²) in [6.45, 7) is 4.76. The van der Waals surface area contributed by atoms with Crippen LogP contribution in [0.4, 0.5) is 18.0 Å². The molecule has 7 nitrogen and oxygen atoms in total. The monoisotopic (exact) mass is 416 g/mol. The Morgan fingerprint density at radius 3 is 2.32 bits per heavy atom. The summed E-state index contributed by atoms with van der Waals surface area (Å²) in [6.07, 6.45) is -4.56. The number of nitrogens with one attached hydrogen (secondary N) is 2. The van der Waals surface area contributed by atoms with Crippen molar-refractivity contribution in [2.24, 2.45) is 0 Å².